The normalized spacial score (nSPS) is 16.4. The zero-order valence-electron chi connectivity index (χ0n) is 16.3. The predicted octanol–water partition coefficient (Wildman–Crippen LogP) is 4.84. The molecule has 1 unspecified atom stereocenters. The first kappa shape index (κ1) is 20.0. The van der Waals surface area contributed by atoms with E-state index in [9.17, 15) is 9.59 Å². The van der Waals surface area contributed by atoms with Crippen LogP contribution in [0.4, 0.5) is 0 Å². The molecule has 0 aliphatic carbocycles. The van der Waals surface area contributed by atoms with Gasteiger partial charge in [0.15, 0.2) is 5.78 Å². The molecule has 0 aromatic heterocycles. The number of carbonyl (C=O) groups excluding carboxylic acids is 2. The standard InChI is InChI=1S/C21H31NO2S/c1-14-12-15(2)20(17(4)23)16(3)19(14)13-25-18(5)21(24)22-10-8-6-7-9-11-22/h12,18H,6-11,13H2,1-5H3. The molecule has 1 heterocycles. The highest BCUT2D eigenvalue weighted by Gasteiger charge is 2.23. The minimum atomic E-state index is -0.0426. The number of amides is 1. The van der Waals surface area contributed by atoms with Crippen LogP contribution in [-0.4, -0.2) is 34.9 Å². The summed E-state index contributed by atoms with van der Waals surface area (Å²) in [7, 11) is 0. The third kappa shape index (κ3) is 4.87. The lowest BCUT2D eigenvalue weighted by atomic mass is 9.92. The predicted molar refractivity (Wildman–Crippen MR) is 106 cm³/mol. The second-order valence-corrected chi connectivity index (χ2v) is 8.57. The first-order chi connectivity index (χ1) is 11.8. The van der Waals surface area contributed by atoms with Crippen LogP contribution in [-0.2, 0) is 10.5 Å². The van der Waals surface area contributed by atoms with Crippen LogP contribution in [0.1, 0.15) is 72.1 Å². The molecule has 4 heteroatoms. The van der Waals surface area contributed by atoms with Gasteiger partial charge in [-0.1, -0.05) is 18.9 Å². The Hall–Kier alpha value is -1.29. The molecule has 1 aromatic rings. The molecule has 1 fully saturated rings. The van der Waals surface area contributed by atoms with E-state index in [0.29, 0.717) is 0 Å². The topological polar surface area (TPSA) is 37.4 Å². The van der Waals surface area contributed by atoms with Gasteiger partial charge in [0, 0.05) is 24.4 Å². The molecule has 1 amide bonds. The number of hydrogen-bond donors (Lipinski definition) is 0. The second kappa shape index (κ2) is 8.88. The molecule has 1 atom stereocenters. The summed E-state index contributed by atoms with van der Waals surface area (Å²) in [6.45, 7) is 11.6. The number of benzene rings is 1. The number of nitrogens with zero attached hydrogens (tertiary/aromatic N) is 1. The van der Waals surface area contributed by atoms with E-state index in [4.69, 9.17) is 0 Å². The average molecular weight is 362 g/mol. The van der Waals surface area contributed by atoms with Gasteiger partial charge in [0.2, 0.25) is 5.91 Å². The van der Waals surface area contributed by atoms with Gasteiger partial charge in [0.05, 0.1) is 5.25 Å². The van der Waals surface area contributed by atoms with E-state index in [2.05, 4.69) is 13.0 Å². The van der Waals surface area contributed by atoms with Crippen LogP contribution in [0.2, 0.25) is 0 Å². The lowest BCUT2D eigenvalue weighted by Crippen LogP contribution is -2.37. The van der Waals surface area contributed by atoms with Crippen LogP contribution < -0.4 is 0 Å². The quantitative estimate of drug-likeness (QED) is 0.704. The monoisotopic (exact) mass is 361 g/mol. The number of rotatable bonds is 5. The lowest BCUT2D eigenvalue weighted by molar-refractivity contribution is -0.130. The zero-order chi connectivity index (χ0) is 18.6. The van der Waals surface area contributed by atoms with Crippen LogP contribution >= 0.6 is 11.8 Å². The highest BCUT2D eigenvalue weighted by molar-refractivity contribution is 7.99. The van der Waals surface area contributed by atoms with Crippen LogP contribution in [0.15, 0.2) is 6.07 Å². The summed E-state index contributed by atoms with van der Waals surface area (Å²) >= 11 is 1.69. The van der Waals surface area contributed by atoms with Crippen LogP contribution in [0.25, 0.3) is 0 Å². The number of likely N-dealkylation sites (tertiary alicyclic amines) is 1. The molecule has 2 rings (SSSR count). The molecular formula is C21H31NO2S. The van der Waals surface area contributed by atoms with E-state index in [1.54, 1.807) is 18.7 Å². The molecule has 1 aliphatic rings. The summed E-state index contributed by atoms with van der Waals surface area (Å²) in [5, 5.41) is -0.0426. The average Bonchev–Trinajstić information content (AvgIpc) is 2.82. The van der Waals surface area contributed by atoms with E-state index in [0.717, 1.165) is 48.4 Å². The highest BCUT2D eigenvalue weighted by atomic mass is 32.2. The maximum atomic E-state index is 12.7. The Balaban J connectivity index is 2.08. The van der Waals surface area contributed by atoms with Crippen molar-refractivity contribution >= 4 is 23.5 Å². The smallest absolute Gasteiger partial charge is 0.235 e. The van der Waals surface area contributed by atoms with Gasteiger partial charge in [0.1, 0.15) is 0 Å². The molecule has 3 nitrogen and oxygen atoms in total. The summed E-state index contributed by atoms with van der Waals surface area (Å²) in [4.78, 5) is 26.7. The van der Waals surface area contributed by atoms with Gasteiger partial charge in [-0.05, 0) is 69.7 Å². The van der Waals surface area contributed by atoms with Crippen molar-refractivity contribution in [2.24, 2.45) is 0 Å². The fourth-order valence-electron chi connectivity index (χ4n) is 3.82. The fraction of sp³-hybridized carbons (Fsp3) is 0.619. The molecule has 1 saturated heterocycles. The summed E-state index contributed by atoms with van der Waals surface area (Å²) < 4.78 is 0. The highest BCUT2D eigenvalue weighted by Crippen LogP contribution is 2.28. The van der Waals surface area contributed by atoms with E-state index < -0.39 is 0 Å². The zero-order valence-corrected chi connectivity index (χ0v) is 17.1. The summed E-state index contributed by atoms with van der Waals surface area (Å²) in [6.07, 6.45) is 4.73. The van der Waals surface area contributed by atoms with Crippen molar-refractivity contribution in [1.29, 1.82) is 0 Å². The minimum absolute atomic E-state index is 0.0426. The van der Waals surface area contributed by atoms with E-state index in [-0.39, 0.29) is 16.9 Å². The molecular weight excluding hydrogens is 330 g/mol. The molecule has 138 valence electrons. The Labute approximate surface area is 156 Å². The summed E-state index contributed by atoms with van der Waals surface area (Å²) in [5.41, 5.74) is 5.38. The van der Waals surface area contributed by atoms with Crippen molar-refractivity contribution in [2.45, 2.75) is 71.3 Å². The van der Waals surface area contributed by atoms with E-state index in [1.165, 1.54) is 24.0 Å². The molecule has 0 radical (unpaired) electrons. The van der Waals surface area contributed by atoms with Crippen molar-refractivity contribution in [3.8, 4) is 0 Å². The number of Topliss-reactive ketones (excluding diaryl/α,β-unsaturated/α-hetero) is 1. The van der Waals surface area contributed by atoms with Crippen molar-refractivity contribution in [3.05, 3.63) is 33.9 Å². The number of thioether (sulfide) groups is 1. The third-order valence-corrected chi connectivity index (χ3v) is 6.38. The van der Waals surface area contributed by atoms with E-state index >= 15 is 0 Å². The Morgan fingerprint density at radius 2 is 1.68 bits per heavy atom. The van der Waals surface area contributed by atoms with Gasteiger partial charge in [-0.25, -0.2) is 0 Å². The van der Waals surface area contributed by atoms with Gasteiger partial charge in [-0.15, -0.1) is 11.8 Å². The molecule has 1 aromatic carbocycles. The maximum absolute atomic E-state index is 12.7. The Bertz CT molecular complexity index is 646. The minimum Gasteiger partial charge on any atom is -0.342 e. The van der Waals surface area contributed by atoms with Gasteiger partial charge < -0.3 is 4.90 Å². The Morgan fingerprint density at radius 3 is 2.24 bits per heavy atom. The van der Waals surface area contributed by atoms with Crippen LogP contribution in [0.5, 0.6) is 0 Å². The summed E-state index contributed by atoms with van der Waals surface area (Å²) in [6, 6.07) is 2.10. The number of carbonyl (C=O) groups is 2. The number of aryl methyl sites for hydroxylation is 2. The molecule has 25 heavy (non-hydrogen) atoms. The first-order valence-corrected chi connectivity index (χ1v) is 10.4. The number of hydrogen-bond acceptors (Lipinski definition) is 3. The van der Waals surface area contributed by atoms with E-state index in [1.807, 2.05) is 25.7 Å². The molecule has 1 aliphatic heterocycles. The second-order valence-electron chi connectivity index (χ2n) is 7.24. The molecule has 0 N–H and O–H groups in total. The van der Waals surface area contributed by atoms with Gasteiger partial charge in [0.25, 0.3) is 0 Å². The molecule has 0 saturated carbocycles. The van der Waals surface area contributed by atoms with Gasteiger partial charge >= 0.3 is 0 Å². The first-order valence-electron chi connectivity index (χ1n) is 9.34. The number of ketones is 1. The maximum Gasteiger partial charge on any atom is 0.235 e. The van der Waals surface area contributed by atoms with Crippen molar-refractivity contribution in [3.63, 3.8) is 0 Å². The van der Waals surface area contributed by atoms with Gasteiger partial charge in [-0.3, -0.25) is 9.59 Å². The summed E-state index contributed by atoms with van der Waals surface area (Å²) in [5.74, 6) is 1.16. The Kier molecular flexibility index (Phi) is 7.12. The fourth-order valence-corrected chi connectivity index (χ4v) is 4.97. The van der Waals surface area contributed by atoms with Crippen molar-refractivity contribution in [1.82, 2.24) is 4.90 Å². The largest absolute Gasteiger partial charge is 0.342 e. The Morgan fingerprint density at radius 1 is 1.08 bits per heavy atom. The SMILES string of the molecule is CC(=O)c1c(C)cc(C)c(CSC(C)C(=O)N2CCCCCC2)c1C. The molecule has 0 bridgehead atoms. The third-order valence-electron chi connectivity index (χ3n) is 5.23. The van der Waals surface area contributed by atoms with Crippen molar-refractivity contribution in [2.75, 3.05) is 13.1 Å². The van der Waals surface area contributed by atoms with Crippen molar-refractivity contribution < 1.29 is 9.59 Å². The van der Waals surface area contributed by atoms with Gasteiger partial charge in [-0.2, -0.15) is 0 Å². The molecule has 0 spiro atoms. The van der Waals surface area contributed by atoms with Crippen LogP contribution in [0.3, 0.4) is 0 Å². The van der Waals surface area contributed by atoms with Crippen LogP contribution in [0, 0.1) is 20.8 Å². The lowest BCUT2D eigenvalue weighted by Gasteiger charge is -2.24.